The number of phenols is 2. The van der Waals surface area contributed by atoms with E-state index >= 15 is 0 Å². The van der Waals surface area contributed by atoms with Crippen LogP contribution < -0.4 is 10.4 Å². The fourth-order valence-electron chi connectivity index (χ4n) is 4.03. The van der Waals surface area contributed by atoms with Gasteiger partial charge >= 0.3 is 0 Å². The number of aldehydes is 1. The highest BCUT2D eigenvalue weighted by molar-refractivity contribution is 8.14. The number of hydrogen-bond donors (Lipinski definition) is 3. The molecule has 7 nitrogen and oxygen atoms in total. The lowest BCUT2D eigenvalue weighted by Crippen LogP contribution is -2.50. The van der Waals surface area contributed by atoms with Gasteiger partial charge < -0.3 is 15.0 Å². The summed E-state index contributed by atoms with van der Waals surface area (Å²) in [4.78, 5) is 12.2. The average Bonchev–Trinajstić information content (AvgIpc) is 3.07. The summed E-state index contributed by atoms with van der Waals surface area (Å²) in [5.41, 5.74) is 4.77. The van der Waals surface area contributed by atoms with Crippen LogP contribution in [0.4, 0.5) is 5.69 Å². The predicted octanol–water partition coefficient (Wildman–Crippen LogP) is 4.13. The molecule has 1 aliphatic rings. The molecular weight excluding hydrogens is 460 g/mol. The van der Waals surface area contributed by atoms with E-state index in [1.54, 1.807) is 29.3 Å². The van der Waals surface area contributed by atoms with Crippen molar-refractivity contribution in [3.8, 4) is 11.5 Å². The molecule has 3 N–H and O–H groups in total. The number of nitrogens with zero attached hydrogens (tertiary/aromatic N) is 1. The summed E-state index contributed by atoms with van der Waals surface area (Å²) in [5, 5.41) is 21.0. The highest BCUT2D eigenvalue weighted by atomic mass is 32.3. The molecule has 1 saturated heterocycles. The third kappa shape index (κ3) is 4.58. The van der Waals surface area contributed by atoms with E-state index in [2.05, 4.69) is 5.43 Å². The molecule has 180 valence electrons. The van der Waals surface area contributed by atoms with Crippen LogP contribution in [0, 0.1) is 0 Å². The maximum atomic E-state index is 13.4. The molecule has 0 radical (unpaired) electrons. The minimum Gasteiger partial charge on any atom is -0.508 e. The number of aromatic hydroxyl groups is 2. The summed E-state index contributed by atoms with van der Waals surface area (Å²) in [6.45, 7) is 11.7. The van der Waals surface area contributed by atoms with Crippen molar-refractivity contribution in [2.24, 2.45) is 0 Å². The molecule has 0 spiro atoms. The monoisotopic (exact) mass is 492 g/mol. The van der Waals surface area contributed by atoms with E-state index in [0.29, 0.717) is 23.1 Å². The molecule has 0 amide bonds. The molecule has 2 aromatic rings. The van der Waals surface area contributed by atoms with E-state index in [4.69, 9.17) is 0 Å². The molecule has 0 aliphatic carbocycles. The molecule has 0 saturated carbocycles. The smallest absolute Gasteiger partial charge is 0.212 e. The van der Waals surface area contributed by atoms with Crippen molar-refractivity contribution in [3.63, 3.8) is 0 Å². The summed E-state index contributed by atoms with van der Waals surface area (Å²) < 4.78 is 25.1. The average molecular weight is 493 g/mol. The number of hydrazine groups is 1. The van der Waals surface area contributed by atoms with E-state index in [9.17, 15) is 23.4 Å². The molecule has 1 heterocycles. The Kier molecular flexibility index (Phi) is 6.32. The predicted molar refractivity (Wildman–Crippen MR) is 133 cm³/mol. The third-order valence-corrected chi connectivity index (χ3v) is 9.42. The summed E-state index contributed by atoms with van der Waals surface area (Å²) in [7, 11) is -3.83. The van der Waals surface area contributed by atoms with E-state index in [1.807, 2.05) is 41.5 Å². The van der Waals surface area contributed by atoms with Crippen LogP contribution in [0.15, 0.2) is 36.4 Å². The van der Waals surface area contributed by atoms with Crippen molar-refractivity contribution < 1.29 is 23.4 Å². The van der Waals surface area contributed by atoms with Gasteiger partial charge in [0.25, 0.3) is 0 Å². The second-order valence-corrected chi connectivity index (χ2v) is 14.2. The Balaban J connectivity index is 2.30. The number of carbonyl (C=O) groups is 1. The molecular formula is C24H32N2O5S2. The number of anilines is 1. The van der Waals surface area contributed by atoms with Gasteiger partial charge in [-0.25, -0.2) is 8.42 Å². The van der Waals surface area contributed by atoms with Crippen LogP contribution >= 0.6 is 11.8 Å². The normalized spacial score (nSPS) is 21.9. The van der Waals surface area contributed by atoms with Crippen LogP contribution in [0.2, 0.25) is 0 Å². The number of carbonyl (C=O) groups excluding carboxylic acids is 1. The van der Waals surface area contributed by atoms with Crippen molar-refractivity contribution in [3.05, 3.63) is 53.1 Å². The molecule has 3 rings (SSSR count). The summed E-state index contributed by atoms with van der Waals surface area (Å²) in [6.07, 6.45) is 1.85. The number of sulfone groups is 1. The Bertz CT molecular complexity index is 1180. The zero-order valence-corrected chi connectivity index (χ0v) is 21.6. The first-order valence-electron chi connectivity index (χ1n) is 10.6. The van der Waals surface area contributed by atoms with Crippen molar-refractivity contribution in [2.75, 3.05) is 11.3 Å². The van der Waals surface area contributed by atoms with Gasteiger partial charge in [-0.05, 0) is 52.3 Å². The Morgan fingerprint density at radius 1 is 0.970 bits per heavy atom. The van der Waals surface area contributed by atoms with E-state index in [1.165, 1.54) is 12.1 Å². The highest BCUT2D eigenvalue weighted by Gasteiger charge is 2.55. The van der Waals surface area contributed by atoms with Crippen molar-refractivity contribution in [1.29, 1.82) is 0 Å². The molecule has 2 unspecified atom stereocenters. The molecule has 33 heavy (non-hydrogen) atoms. The van der Waals surface area contributed by atoms with Crippen LogP contribution in [0.1, 0.15) is 58.2 Å². The van der Waals surface area contributed by atoms with E-state index in [0.717, 1.165) is 23.6 Å². The molecule has 2 atom stereocenters. The van der Waals surface area contributed by atoms with Gasteiger partial charge in [-0.3, -0.25) is 5.01 Å². The standard InChI is InChI=1S/C24H32N2O5S2/c1-22(2,3)18-12-15(28)8-10-17(18)24(33(7,30)31)25-26(21(14-27)32-24)20-11-9-16(29)13-19(20)23(4,5)6/h8-14,21,25,28-29H,1-7H3. The summed E-state index contributed by atoms with van der Waals surface area (Å²) >= 11 is 0.995. The lowest BCUT2D eigenvalue weighted by atomic mass is 9.83. The minimum atomic E-state index is -3.83. The fourth-order valence-corrected chi connectivity index (χ4v) is 6.99. The number of benzene rings is 2. The molecule has 2 aromatic carbocycles. The number of phenolic OH excluding ortho intramolecular Hbond substituents is 2. The van der Waals surface area contributed by atoms with Gasteiger partial charge in [-0.15, -0.1) is 0 Å². The third-order valence-electron chi connectivity index (χ3n) is 5.66. The molecule has 0 bridgehead atoms. The van der Waals surface area contributed by atoms with Gasteiger partial charge in [-0.1, -0.05) is 59.4 Å². The van der Waals surface area contributed by atoms with Gasteiger partial charge in [0.15, 0.2) is 16.1 Å². The Morgan fingerprint density at radius 3 is 1.97 bits per heavy atom. The minimum absolute atomic E-state index is 0.0349. The summed E-state index contributed by atoms with van der Waals surface area (Å²) in [5.74, 6) is 0.119. The number of hydrogen-bond acceptors (Lipinski definition) is 8. The van der Waals surface area contributed by atoms with Crippen molar-refractivity contribution >= 4 is 33.6 Å². The zero-order valence-electron chi connectivity index (χ0n) is 20.0. The van der Waals surface area contributed by atoms with E-state index in [-0.39, 0.29) is 16.9 Å². The van der Waals surface area contributed by atoms with E-state index < -0.39 is 24.8 Å². The van der Waals surface area contributed by atoms with Gasteiger partial charge in [0.1, 0.15) is 16.9 Å². The maximum Gasteiger partial charge on any atom is 0.212 e. The largest absolute Gasteiger partial charge is 0.508 e. The van der Waals surface area contributed by atoms with Crippen LogP contribution in [-0.2, 0) is 29.7 Å². The topological polar surface area (TPSA) is 107 Å². The molecule has 1 fully saturated rings. The second kappa shape index (κ2) is 8.21. The van der Waals surface area contributed by atoms with Crippen LogP contribution in [0.5, 0.6) is 11.5 Å². The molecule has 9 heteroatoms. The van der Waals surface area contributed by atoms with Crippen LogP contribution in [0.3, 0.4) is 0 Å². The second-order valence-electron chi connectivity index (χ2n) is 10.4. The number of rotatable bonds is 4. The molecule has 0 aromatic heterocycles. The first-order chi connectivity index (χ1) is 15.0. The van der Waals surface area contributed by atoms with Gasteiger partial charge in [-0.2, -0.15) is 5.43 Å². The van der Waals surface area contributed by atoms with Crippen molar-refractivity contribution in [2.45, 2.75) is 61.9 Å². The van der Waals surface area contributed by atoms with Crippen LogP contribution in [-0.4, -0.2) is 36.5 Å². The van der Waals surface area contributed by atoms with Gasteiger partial charge in [0.05, 0.1) is 5.69 Å². The zero-order chi connectivity index (χ0) is 25.0. The first kappa shape index (κ1) is 25.4. The van der Waals surface area contributed by atoms with Gasteiger partial charge in [0, 0.05) is 11.8 Å². The number of thioether (sulfide) groups is 1. The summed E-state index contributed by atoms with van der Waals surface area (Å²) in [6, 6.07) is 9.46. The maximum absolute atomic E-state index is 13.4. The molecule has 1 aliphatic heterocycles. The highest BCUT2D eigenvalue weighted by Crippen LogP contribution is 2.52. The quantitative estimate of drug-likeness (QED) is 0.547. The fraction of sp³-hybridized carbons (Fsp3) is 0.458. The van der Waals surface area contributed by atoms with Crippen molar-refractivity contribution in [1.82, 2.24) is 5.43 Å². The Labute approximate surface area is 200 Å². The number of nitrogens with one attached hydrogen (secondary N) is 1. The Hall–Kier alpha value is -2.23. The Morgan fingerprint density at radius 2 is 1.48 bits per heavy atom. The lowest BCUT2D eigenvalue weighted by Gasteiger charge is -2.35. The SMILES string of the molecule is CC(C)(C)c1cc(O)ccc1N1NC(c2ccc(O)cc2C(C)(C)C)(S(C)(=O)=O)SC1C=O. The lowest BCUT2D eigenvalue weighted by molar-refractivity contribution is -0.107. The first-order valence-corrected chi connectivity index (χ1v) is 13.4. The van der Waals surface area contributed by atoms with Gasteiger partial charge in [0.2, 0.25) is 4.20 Å². The van der Waals surface area contributed by atoms with Crippen LogP contribution in [0.25, 0.3) is 0 Å².